The summed E-state index contributed by atoms with van der Waals surface area (Å²) >= 11 is 0. The molecule has 2 aliphatic rings. The molecule has 4 rings (SSSR count). The summed E-state index contributed by atoms with van der Waals surface area (Å²) in [6, 6.07) is 17.7. The number of nitrogens with zero attached hydrogens (tertiary/aromatic N) is 1. The van der Waals surface area contributed by atoms with Crippen LogP contribution < -0.4 is 10.6 Å². The van der Waals surface area contributed by atoms with E-state index in [9.17, 15) is 24.0 Å². The minimum atomic E-state index is -0.905. The number of morpholine rings is 1. The average molecular weight is 762 g/mol. The molecule has 2 heterocycles. The Morgan fingerprint density at radius 2 is 1.35 bits per heavy atom. The van der Waals surface area contributed by atoms with Gasteiger partial charge in [-0.3, -0.25) is 28.9 Å². The zero-order valence-electron chi connectivity index (χ0n) is 33.6. The highest BCUT2D eigenvalue weighted by atomic mass is 16.6. The second-order valence-electron chi connectivity index (χ2n) is 16.3. The van der Waals surface area contributed by atoms with Crippen LogP contribution in [0.25, 0.3) is 0 Å². The van der Waals surface area contributed by atoms with E-state index in [1.807, 2.05) is 88.4 Å². The molecule has 11 heteroatoms. The number of Topliss-reactive ketones (excluding diaryl/α,β-unsaturated/α-hetero) is 3. The molecule has 0 bridgehead atoms. The van der Waals surface area contributed by atoms with E-state index in [1.165, 1.54) is 0 Å². The first-order chi connectivity index (χ1) is 26.3. The maximum atomic E-state index is 14.2. The van der Waals surface area contributed by atoms with E-state index in [2.05, 4.69) is 15.5 Å². The third-order valence-electron chi connectivity index (χ3n) is 10.4. The van der Waals surface area contributed by atoms with Gasteiger partial charge in [-0.15, -0.1) is 0 Å². The molecule has 2 aromatic carbocycles. The van der Waals surface area contributed by atoms with E-state index in [-0.39, 0.29) is 66.9 Å². The summed E-state index contributed by atoms with van der Waals surface area (Å²) in [6.45, 7) is 14.1. The Bertz CT molecular complexity index is 1520. The van der Waals surface area contributed by atoms with Gasteiger partial charge in [0.15, 0.2) is 17.3 Å². The summed E-state index contributed by atoms with van der Waals surface area (Å²) < 4.78 is 16.6. The monoisotopic (exact) mass is 761 g/mol. The molecule has 2 aliphatic heterocycles. The Labute approximate surface area is 327 Å². The lowest BCUT2D eigenvalue weighted by molar-refractivity contribution is -0.136. The van der Waals surface area contributed by atoms with Crippen LogP contribution in [-0.4, -0.2) is 104 Å². The smallest absolute Gasteiger partial charge is 0.224 e. The highest BCUT2D eigenvalue weighted by molar-refractivity contribution is 5.98. The lowest BCUT2D eigenvalue weighted by Crippen LogP contribution is -2.50. The van der Waals surface area contributed by atoms with Gasteiger partial charge in [-0.05, 0) is 62.0 Å². The van der Waals surface area contributed by atoms with Crippen molar-refractivity contribution in [3.63, 3.8) is 0 Å². The summed E-state index contributed by atoms with van der Waals surface area (Å²) in [6.07, 6.45) is 1.99. The standard InChI is InChI=1S/C44H63N3O8/c1-31(2)24-38(40(49)28-36(26-34-14-10-7-11-15-34)43(52)46-39(25-32(3)4)41(50)44(5)30-55-44)45-42(51)35(17-16-33-12-8-6-9-13-33)27-37(48)29-54-23-20-47-18-21-53-22-19-47/h6-15,31-32,35-36,38-39H,16-30H2,1-5H3,(H,45,51)(H,46,52)/t35-,36-,38+,39+,44-/m1/s1. The molecular weight excluding hydrogens is 698 g/mol. The van der Waals surface area contributed by atoms with Crippen LogP contribution in [0, 0.1) is 23.7 Å². The molecule has 0 unspecified atom stereocenters. The average Bonchev–Trinajstić information content (AvgIpc) is 3.92. The van der Waals surface area contributed by atoms with E-state index in [1.54, 1.807) is 6.92 Å². The van der Waals surface area contributed by atoms with Gasteiger partial charge in [0.1, 0.15) is 12.2 Å². The normalized spacial score (nSPS) is 19.3. The number of benzene rings is 2. The predicted octanol–water partition coefficient (Wildman–Crippen LogP) is 4.78. The Kier molecular flexibility index (Phi) is 17.7. The van der Waals surface area contributed by atoms with Crippen molar-refractivity contribution in [2.45, 2.75) is 97.2 Å². The highest BCUT2D eigenvalue weighted by Crippen LogP contribution is 2.30. The van der Waals surface area contributed by atoms with E-state index < -0.39 is 29.5 Å². The lowest BCUT2D eigenvalue weighted by Gasteiger charge is -2.27. The molecule has 2 N–H and O–H groups in total. The van der Waals surface area contributed by atoms with Crippen LogP contribution in [-0.2, 0) is 51.0 Å². The van der Waals surface area contributed by atoms with Crippen LogP contribution in [0.5, 0.6) is 0 Å². The number of rotatable bonds is 25. The van der Waals surface area contributed by atoms with Gasteiger partial charge in [-0.25, -0.2) is 0 Å². The van der Waals surface area contributed by atoms with Gasteiger partial charge >= 0.3 is 0 Å². The molecule has 0 aliphatic carbocycles. The minimum absolute atomic E-state index is 0.00818. The second kappa shape index (κ2) is 22.1. The topological polar surface area (TPSA) is 144 Å². The molecule has 55 heavy (non-hydrogen) atoms. The third-order valence-corrected chi connectivity index (χ3v) is 10.4. The Morgan fingerprint density at radius 3 is 1.95 bits per heavy atom. The first kappa shape index (κ1) is 44.0. The first-order valence-corrected chi connectivity index (χ1v) is 20.1. The van der Waals surface area contributed by atoms with Gasteiger partial charge in [0.25, 0.3) is 0 Å². The Balaban J connectivity index is 1.46. The van der Waals surface area contributed by atoms with Crippen molar-refractivity contribution in [2.75, 3.05) is 52.7 Å². The van der Waals surface area contributed by atoms with Crippen LogP contribution in [0.4, 0.5) is 0 Å². The molecule has 0 aromatic heterocycles. The third kappa shape index (κ3) is 15.4. The summed E-state index contributed by atoms with van der Waals surface area (Å²) in [7, 11) is 0. The van der Waals surface area contributed by atoms with Gasteiger partial charge in [0.05, 0.1) is 38.5 Å². The van der Waals surface area contributed by atoms with Crippen molar-refractivity contribution in [2.24, 2.45) is 23.7 Å². The quantitative estimate of drug-likeness (QED) is 0.108. The van der Waals surface area contributed by atoms with E-state index in [0.717, 1.165) is 24.2 Å². The van der Waals surface area contributed by atoms with E-state index in [0.29, 0.717) is 58.7 Å². The highest BCUT2D eigenvalue weighted by Gasteiger charge is 2.50. The molecule has 2 aromatic rings. The number of hydrogen-bond acceptors (Lipinski definition) is 9. The van der Waals surface area contributed by atoms with E-state index in [4.69, 9.17) is 14.2 Å². The molecule has 5 atom stereocenters. The van der Waals surface area contributed by atoms with E-state index >= 15 is 0 Å². The van der Waals surface area contributed by atoms with Gasteiger partial charge in [0, 0.05) is 44.3 Å². The van der Waals surface area contributed by atoms with Gasteiger partial charge in [0.2, 0.25) is 11.8 Å². The number of carbonyl (C=O) groups excluding carboxylic acids is 5. The molecule has 11 nitrogen and oxygen atoms in total. The van der Waals surface area contributed by atoms with Crippen LogP contribution >= 0.6 is 0 Å². The van der Waals surface area contributed by atoms with Crippen molar-refractivity contribution >= 4 is 29.2 Å². The molecule has 0 radical (unpaired) electrons. The first-order valence-electron chi connectivity index (χ1n) is 20.1. The maximum absolute atomic E-state index is 14.2. The number of epoxide rings is 1. The Hall–Kier alpha value is -3.77. The minimum Gasteiger partial charge on any atom is -0.379 e. The zero-order chi connectivity index (χ0) is 39.8. The van der Waals surface area contributed by atoms with Gasteiger partial charge in [-0.1, -0.05) is 88.4 Å². The molecule has 302 valence electrons. The predicted molar refractivity (Wildman–Crippen MR) is 211 cm³/mol. The number of aryl methyl sites for hydroxylation is 1. The van der Waals surface area contributed by atoms with Crippen molar-refractivity contribution < 1.29 is 38.2 Å². The summed E-state index contributed by atoms with van der Waals surface area (Å²) in [5.41, 5.74) is 1.03. The number of carbonyl (C=O) groups is 5. The number of ketones is 3. The van der Waals surface area contributed by atoms with Crippen molar-refractivity contribution in [3.8, 4) is 0 Å². The summed E-state index contributed by atoms with van der Waals surface area (Å²) in [4.78, 5) is 71.2. The van der Waals surface area contributed by atoms with Crippen molar-refractivity contribution in [1.82, 2.24) is 15.5 Å². The van der Waals surface area contributed by atoms with Crippen LogP contribution in [0.1, 0.15) is 77.8 Å². The fraction of sp³-hybridized carbons (Fsp3) is 0.614. The summed E-state index contributed by atoms with van der Waals surface area (Å²) in [5, 5.41) is 6.01. The van der Waals surface area contributed by atoms with Crippen molar-refractivity contribution in [3.05, 3.63) is 71.8 Å². The molecule has 2 saturated heterocycles. The second-order valence-corrected chi connectivity index (χ2v) is 16.3. The van der Waals surface area contributed by atoms with Crippen LogP contribution in [0.2, 0.25) is 0 Å². The van der Waals surface area contributed by atoms with Crippen LogP contribution in [0.15, 0.2) is 60.7 Å². The zero-order valence-corrected chi connectivity index (χ0v) is 33.6. The lowest BCUT2D eigenvalue weighted by atomic mass is 9.87. The molecular formula is C44H63N3O8. The fourth-order valence-electron chi connectivity index (χ4n) is 7.03. The van der Waals surface area contributed by atoms with Crippen LogP contribution in [0.3, 0.4) is 0 Å². The molecule has 2 fully saturated rings. The summed E-state index contributed by atoms with van der Waals surface area (Å²) in [5.74, 6) is -2.58. The maximum Gasteiger partial charge on any atom is 0.224 e. The number of amides is 2. The van der Waals surface area contributed by atoms with Gasteiger partial charge in [-0.2, -0.15) is 0 Å². The SMILES string of the molecule is CC(C)C[C@H](NC(=O)[C@H](CCc1ccccc1)CC(=O)COCCN1CCOCC1)C(=O)C[C@@H](Cc1ccccc1)C(=O)N[C@@H](CC(C)C)C(=O)[C@@]1(C)CO1. The molecule has 0 saturated carbocycles. The Morgan fingerprint density at radius 1 is 0.782 bits per heavy atom. The van der Waals surface area contributed by atoms with Gasteiger partial charge < -0.3 is 24.8 Å². The largest absolute Gasteiger partial charge is 0.379 e. The molecule has 0 spiro atoms. The number of nitrogens with one attached hydrogen (secondary N) is 2. The van der Waals surface area contributed by atoms with Crippen molar-refractivity contribution in [1.29, 1.82) is 0 Å². The molecule has 2 amide bonds. The fourth-order valence-corrected chi connectivity index (χ4v) is 7.03. The number of ether oxygens (including phenoxy) is 3. The number of hydrogen-bond donors (Lipinski definition) is 2.